The molecule has 3 N–H and O–H groups in total. The van der Waals surface area contributed by atoms with Crippen molar-refractivity contribution in [3.8, 4) is 0 Å². The Morgan fingerprint density at radius 2 is 2.10 bits per heavy atom. The Labute approximate surface area is 126 Å². The van der Waals surface area contributed by atoms with E-state index in [1.54, 1.807) is 7.05 Å². The summed E-state index contributed by atoms with van der Waals surface area (Å²) in [6.07, 6.45) is 1.50. The SMILES string of the molecule is Cn1ncc(CNS(=O)(=O)c2cccc(Cl)c2Cl)c1N. The molecule has 9 heteroatoms. The number of nitrogens with one attached hydrogen (secondary N) is 1. The van der Waals surface area contributed by atoms with Crippen molar-refractivity contribution in [2.75, 3.05) is 5.73 Å². The molecule has 108 valence electrons. The Kier molecular flexibility index (Phi) is 4.24. The Morgan fingerprint density at radius 3 is 2.70 bits per heavy atom. The summed E-state index contributed by atoms with van der Waals surface area (Å²) in [5.74, 6) is 0.393. The molecule has 0 bridgehead atoms. The van der Waals surface area contributed by atoms with E-state index in [4.69, 9.17) is 28.9 Å². The zero-order chi connectivity index (χ0) is 14.9. The van der Waals surface area contributed by atoms with Crippen molar-refractivity contribution in [1.29, 1.82) is 0 Å². The quantitative estimate of drug-likeness (QED) is 0.891. The van der Waals surface area contributed by atoms with E-state index in [2.05, 4.69) is 9.82 Å². The van der Waals surface area contributed by atoms with Gasteiger partial charge in [0.15, 0.2) is 0 Å². The molecule has 0 saturated heterocycles. The van der Waals surface area contributed by atoms with E-state index in [9.17, 15) is 8.42 Å². The molecule has 0 radical (unpaired) electrons. The van der Waals surface area contributed by atoms with Gasteiger partial charge in [0.2, 0.25) is 10.0 Å². The summed E-state index contributed by atoms with van der Waals surface area (Å²) in [6, 6.07) is 4.41. The van der Waals surface area contributed by atoms with Crippen molar-refractivity contribution in [2.45, 2.75) is 11.4 Å². The van der Waals surface area contributed by atoms with Gasteiger partial charge in [0, 0.05) is 19.2 Å². The van der Waals surface area contributed by atoms with Crippen LogP contribution in [0.2, 0.25) is 10.0 Å². The van der Waals surface area contributed by atoms with Crippen molar-refractivity contribution in [3.63, 3.8) is 0 Å². The van der Waals surface area contributed by atoms with E-state index >= 15 is 0 Å². The van der Waals surface area contributed by atoms with Crippen LogP contribution in [0.25, 0.3) is 0 Å². The van der Waals surface area contributed by atoms with Gasteiger partial charge in [0.05, 0.1) is 16.2 Å². The fourth-order valence-corrected chi connectivity index (χ4v) is 3.34. The molecule has 6 nitrogen and oxygen atoms in total. The number of sulfonamides is 1. The maximum absolute atomic E-state index is 12.2. The van der Waals surface area contributed by atoms with Gasteiger partial charge in [0.25, 0.3) is 0 Å². The summed E-state index contributed by atoms with van der Waals surface area (Å²) < 4.78 is 28.2. The van der Waals surface area contributed by atoms with Crippen molar-refractivity contribution in [1.82, 2.24) is 14.5 Å². The van der Waals surface area contributed by atoms with Crippen LogP contribution in [-0.4, -0.2) is 18.2 Å². The van der Waals surface area contributed by atoms with Crippen molar-refractivity contribution >= 4 is 39.0 Å². The van der Waals surface area contributed by atoms with Crippen molar-refractivity contribution in [2.24, 2.45) is 7.05 Å². The number of halogens is 2. The molecule has 0 atom stereocenters. The normalized spacial score (nSPS) is 11.8. The fraction of sp³-hybridized carbons (Fsp3) is 0.182. The molecule has 1 aromatic carbocycles. The summed E-state index contributed by atoms with van der Waals surface area (Å²) >= 11 is 11.7. The highest BCUT2D eigenvalue weighted by atomic mass is 35.5. The van der Waals surface area contributed by atoms with E-state index in [1.165, 1.54) is 29.1 Å². The first kappa shape index (κ1) is 15.1. The van der Waals surface area contributed by atoms with Crippen LogP contribution in [0, 0.1) is 0 Å². The largest absolute Gasteiger partial charge is 0.384 e. The molecule has 1 aromatic heterocycles. The first-order chi connectivity index (χ1) is 9.33. The van der Waals surface area contributed by atoms with Crippen LogP contribution >= 0.6 is 23.2 Å². The van der Waals surface area contributed by atoms with Crippen LogP contribution in [0.15, 0.2) is 29.3 Å². The van der Waals surface area contributed by atoms with Crippen LogP contribution in [0.5, 0.6) is 0 Å². The lowest BCUT2D eigenvalue weighted by atomic mass is 10.3. The van der Waals surface area contributed by atoms with Gasteiger partial charge in [-0.3, -0.25) is 4.68 Å². The van der Waals surface area contributed by atoms with Crippen LogP contribution in [-0.2, 0) is 23.6 Å². The maximum Gasteiger partial charge on any atom is 0.242 e. The van der Waals surface area contributed by atoms with Gasteiger partial charge in [-0.15, -0.1) is 0 Å². The molecule has 0 aliphatic heterocycles. The Balaban J connectivity index is 2.24. The smallest absolute Gasteiger partial charge is 0.242 e. The summed E-state index contributed by atoms with van der Waals surface area (Å²) in [7, 11) is -2.11. The molecule has 2 aromatic rings. The Morgan fingerprint density at radius 1 is 1.40 bits per heavy atom. The summed E-state index contributed by atoms with van der Waals surface area (Å²) in [5, 5.41) is 4.09. The lowest BCUT2D eigenvalue weighted by Gasteiger charge is -2.08. The number of aromatic nitrogens is 2. The third-order valence-corrected chi connectivity index (χ3v) is 5.10. The van der Waals surface area contributed by atoms with Gasteiger partial charge in [-0.1, -0.05) is 29.3 Å². The van der Waals surface area contributed by atoms with E-state index in [-0.39, 0.29) is 21.5 Å². The first-order valence-electron chi connectivity index (χ1n) is 5.53. The molecule has 0 aliphatic carbocycles. The molecular weight excluding hydrogens is 323 g/mol. The number of benzene rings is 1. The van der Waals surface area contributed by atoms with Gasteiger partial charge in [-0.2, -0.15) is 5.10 Å². The highest BCUT2D eigenvalue weighted by Crippen LogP contribution is 2.28. The highest BCUT2D eigenvalue weighted by Gasteiger charge is 2.20. The Bertz CT molecular complexity index is 743. The number of hydrogen-bond acceptors (Lipinski definition) is 4. The second-order valence-corrected chi connectivity index (χ2v) is 6.58. The zero-order valence-electron chi connectivity index (χ0n) is 10.5. The van der Waals surface area contributed by atoms with Crippen LogP contribution < -0.4 is 10.5 Å². The number of rotatable bonds is 4. The van der Waals surface area contributed by atoms with E-state index in [1.807, 2.05) is 0 Å². The zero-order valence-corrected chi connectivity index (χ0v) is 12.8. The van der Waals surface area contributed by atoms with Gasteiger partial charge in [0.1, 0.15) is 10.7 Å². The molecule has 0 amide bonds. The molecule has 0 aliphatic rings. The molecule has 0 saturated carbocycles. The lowest BCUT2D eigenvalue weighted by Crippen LogP contribution is -2.24. The number of nitrogens with zero attached hydrogens (tertiary/aromatic N) is 2. The average Bonchev–Trinajstić information content (AvgIpc) is 2.71. The summed E-state index contributed by atoms with van der Waals surface area (Å²) in [6.45, 7) is 0.0187. The first-order valence-corrected chi connectivity index (χ1v) is 7.77. The predicted molar refractivity (Wildman–Crippen MR) is 78.1 cm³/mol. The van der Waals surface area contributed by atoms with Crippen molar-refractivity contribution < 1.29 is 8.42 Å². The Hall–Kier alpha value is -1.28. The van der Waals surface area contributed by atoms with Crippen LogP contribution in [0.4, 0.5) is 5.82 Å². The second kappa shape index (κ2) is 5.61. The second-order valence-electron chi connectivity index (χ2n) is 4.06. The maximum atomic E-state index is 12.2. The predicted octanol–water partition coefficient (Wildman–Crippen LogP) is 1.79. The lowest BCUT2D eigenvalue weighted by molar-refractivity contribution is 0.581. The van der Waals surface area contributed by atoms with Crippen LogP contribution in [0.1, 0.15) is 5.56 Å². The third kappa shape index (κ3) is 2.90. The van der Waals surface area contributed by atoms with Gasteiger partial charge >= 0.3 is 0 Å². The monoisotopic (exact) mass is 334 g/mol. The van der Waals surface area contributed by atoms with Gasteiger partial charge in [-0.05, 0) is 12.1 Å². The van der Waals surface area contributed by atoms with Gasteiger partial charge < -0.3 is 5.73 Å². The molecule has 0 fully saturated rings. The molecule has 1 heterocycles. The number of hydrogen-bond donors (Lipinski definition) is 2. The molecule has 2 rings (SSSR count). The molecule has 0 unspecified atom stereocenters. The standard InChI is InChI=1S/C11H12Cl2N4O2S/c1-17-11(14)7(5-15-17)6-16-20(18,19)9-4-2-3-8(12)10(9)13/h2-5,16H,6,14H2,1H3. The van der Waals surface area contributed by atoms with E-state index < -0.39 is 10.0 Å². The number of nitrogen functional groups attached to an aromatic ring is 1. The third-order valence-electron chi connectivity index (χ3n) is 2.72. The molecule has 0 spiro atoms. The number of aryl methyl sites for hydroxylation is 1. The molecule has 20 heavy (non-hydrogen) atoms. The van der Waals surface area contributed by atoms with Gasteiger partial charge in [-0.25, -0.2) is 13.1 Å². The highest BCUT2D eigenvalue weighted by molar-refractivity contribution is 7.89. The van der Waals surface area contributed by atoms with E-state index in [0.29, 0.717) is 11.4 Å². The summed E-state index contributed by atoms with van der Waals surface area (Å²) in [4.78, 5) is -0.0749. The van der Waals surface area contributed by atoms with E-state index in [0.717, 1.165) is 0 Å². The molecular formula is C11H12Cl2N4O2S. The fourth-order valence-electron chi connectivity index (χ4n) is 1.57. The minimum absolute atomic E-state index is 0.0131. The topological polar surface area (TPSA) is 90.0 Å². The minimum atomic E-state index is -3.78. The summed E-state index contributed by atoms with van der Waals surface area (Å²) in [5.41, 5.74) is 6.32. The average molecular weight is 335 g/mol. The van der Waals surface area contributed by atoms with Crippen LogP contribution in [0.3, 0.4) is 0 Å². The number of anilines is 1. The minimum Gasteiger partial charge on any atom is -0.384 e. The number of nitrogens with two attached hydrogens (primary N) is 1. The van der Waals surface area contributed by atoms with Crippen molar-refractivity contribution in [3.05, 3.63) is 40.0 Å².